The van der Waals surface area contributed by atoms with Gasteiger partial charge in [-0.2, -0.15) is 5.26 Å². The quantitative estimate of drug-likeness (QED) is 0.893. The number of sulfonamides is 1. The lowest BCUT2D eigenvalue weighted by Gasteiger charge is -2.32. The van der Waals surface area contributed by atoms with Crippen LogP contribution in [0.3, 0.4) is 0 Å². The molecule has 0 saturated carbocycles. The number of piperidine rings is 1. The number of rotatable bonds is 5. The Morgan fingerprint density at radius 1 is 1.41 bits per heavy atom. The normalized spacial score (nSPS) is 17.4. The zero-order chi connectivity index (χ0) is 16.2. The predicted octanol–water partition coefficient (Wildman–Crippen LogP) is 1.82. The van der Waals surface area contributed by atoms with Gasteiger partial charge in [-0.1, -0.05) is 13.8 Å². The monoisotopic (exact) mass is 322 g/mol. The fraction of sp³-hybridized carbons (Fsp3) is 0.600. The van der Waals surface area contributed by atoms with E-state index >= 15 is 0 Å². The predicted molar refractivity (Wildman–Crippen MR) is 85.8 cm³/mol. The lowest BCUT2D eigenvalue weighted by atomic mass is 10.1. The van der Waals surface area contributed by atoms with E-state index in [2.05, 4.69) is 10.3 Å². The highest BCUT2D eigenvalue weighted by Crippen LogP contribution is 2.19. The van der Waals surface area contributed by atoms with Crippen molar-refractivity contribution >= 4 is 15.7 Å². The van der Waals surface area contributed by atoms with E-state index < -0.39 is 10.0 Å². The van der Waals surface area contributed by atoms with Crippen LogP contribution in [-0.4, -0.2) is 42.6 Å². The van der Waals surface area contributed by atoms with E-state index in [1.807, 2.05) is 26.0 Å². The zero-order valence-electron chi connectivity index (χ0n) is 13.0. The Kier molecular flexibility index (Phi) is 5.37. The van der Waals surface area contributed by atoms with Crippen molar-refractivity contribution < 1.29 is 8.42 Å². The minimum Gasteiger partial charge on any atom is -0.381 e. The van der Waals surface area contributed by atoms with Crippen molar-refractivity contribution in [1.29, 1.82) is 5.26 Å². The third-order valence-corrected chi connectivity index (χ3v) is 5.88. The fourth-order valence-electron chi connectivity index (χ4n) is 2.59. The third kappa shape index (κ3) is 4.42. The van der Waals surface area contributed by atoms with E-state index in [4.69, 9.17) is 5.26 Å². The van der Waals surface area contributed by atoms with Gasteiger partial charge in [0.15, 0.2) is 0 Å². The van der Waals surface area contributed by atoms with Gasteiger partial charge < -0.3 is 5.32 Å². The topological polar surface area (TPSA) is 86.1 Å². The van der Waals surface area contributed by atoms with Gasteiger partial charge >= 0.3 is 0 Å². The molecule has 0 aromatic carbocycles. The van der Waals surface area contributed by atoms with Crippen LogP contribution in [-0.2, 0) is 10.0 Å². The Bertz CT molecular complexity index is 627. The molecule has 1 saturated heterocycles. The molecule has 1 aliphatic rings. The molecular weight excluding hydrogens is 300 g/mol. The Labute approximate surface area is 132 Å². The molecule has 2 heterocycles. The van der Waals surface area contributed by atoms with Gasteiger partial charge in [-0.3, -0.25) is 0 Å². The molecule has 1 aromatic heterocycles. The molecule has 0 spiro atoms. The lowest BCUT2D eigenvalue weighted by Crippen LogP contribution is -2.43. The molecule has 1 N–H and O–H groups in total. The van der Waals surface area contributed by atoms with E-state index in [0.29, 0.717) is 18.8 Å². The van der Waals surface area contributed by atoms with Crippen LogP contribution in [0.15, 0.2) is 18.3 Å². The summed E-state index contributed by atoms with van der Waals surface area (Å²) in [4.78, 5) is 4.02. The first-order valence-electron chi connectivity index (χ1n) is 7.51. The van der Waals surface area contributed by atoms with Gasteiger partial charge in [0.05, 0.1) is 17.6 Å². The van der Waals surface area contributed by atoms with Crippen molar-refractivity contribution in [2.45, 2.75) is 32.7 Å². The highest BCUT2D eigenvalue weighted by molar-refractivity contribution is 7.89. The maximum Gasteiger partial charge on any atom is 0.214 e. The molecule has 2 rings (SSSR count). The average molecular weight is 322 g/mol. The molecule has 1 aromatic rings. The molecule has 0 radical (unpaired) electrons. The molecule has 7 heteroatoms. The summed E-state index contributed by atoms with van der Waals surface area (Å²) in [5.74, 6) is 0.357. The van der Waals surface area contributed by atoms with Crippen LogP contribution in [0.2, 0.25) is 0 Å². The Hall–Kier alpha value is -1.65. The number of nitriles is 1. The van der Waals surface area contributed by atoms with Crippen LogP contribution >= 0.6 is 0 Å². The van der Waals surface area contributed by atoms with Crippen LogP contribution in [0.1, 0.15) is 32.4 Å². The van der Waals surface area contributed by atoms with Gasteiger partial charge in [0, 0.05) is 19.1 Å². The molecular formula is C15H22N4O2S. The largest absolute Gasteiger partial charge is 0.381 e. The minimum absolute atomic E-state index is 0.144. The molecule has 6 nitrogen and oxygen atoms in total. The van der Waals surface area contributed by atoms with Crippen molar-refractivity contribution in [1.82, 2.24) is 9.29 Å². The fourth-order valence-corrected chi connectivity index (χ4v) is 4.41. The van der Waals surface area contributed by atoms with Gasteiger partial charge in [-0.05, 0) is 30.9 Å². The first-order valence-corrected chi connectivity index (χ1v) is 9.12. The molecule has 1 aliphatic heterocycles. The summed E-state index contributed by atoms with van der Waals surface area (Å²) in [5.41, 5.74) is 1.25. The van der Waals surface area contributed by atoms with Crippen molar-refractivity contribution in [3.8, 4) is 6.07 Å². The number of pyridine rings is 1. The van der Waals surface area contributed by atoms with Crippen molar-refractivity contribution in [3.05, 3.63) is 24.0 Å². The number of nitrogens with zero attached hydrogens (tertiary/aromatic N) is 3. The Morgan fingerprint density at radius 3 is 2.59 bits per heavy atom. The summed E-state index contributed by atoms with van der Waals surface area (Å²) in [7, 11) is -3.13. The molecule has 0 aliphatic carbocycles. The molecule has 0 atom stereocenters. The van der Waals surface area contributed by atoms with E-state index in [-0.39, 0.29) is 17.7 Å². The third-order valence-electron chi connectivity index (χ3n) is 3.64. The molecule has 0 bridgehead atoms. The molecule has 0 amide bonds. The smallest absolute Gasteiger partial charge is 0.214 e. The van der Waals surface area contributed by atoms with Gasteiger partial charge in [0.25, 0.3) is 0 Å². The number of nitrogens with one attached hydrogen (secondary N) is 1. The molecule has 1 fully saturated rings. The second kappa shape index (κ2) is 7.07. The van der Waals surface area contributed by atoms with Gasteiger partial charge in [0.2, 0.25) is 10.0 Å². The molecule has 22 heavy (non-hydrogen) atoms. The van der Waals surface area contributed by atoms with Gasteiger partial charge in [0.1, 0.15) is 11.8 Å². The summed E-state index contributed by atoms with van der Waals surface area (Å²) >= 11 is 0. The van der Waals surface area contributed by atoms with Crippen molar-refractivity contribution in [2.75, 3.05) is 24.2 Å². The second-order valence-corrected chi connectivity index (χ2v) is 8.05. The van der Waals surface area contributed by atoms with Crippen LogP contribution in [0.25, 0.3) is 0 Å². The van der Waals surface area contributed by atoms with E-state index in [9.17, 15) is 8.42 Å². The Morgan fingerprint density at radius 2 is 2.09 bits per heavy atom. The number of hydrogen-bond acceptors (Lipinski definition) is 5. The van der Waals surface area contributed by atoms with Gasteiger partial charge in [-0.15, -0.1) is 0 Å². The number of hydrogen-bond donors (Lipinski definition) is 1. The van der Waals surface area contributed by atoms with Crippen molar-refractivity contribution in [3.63, 3.8) is 0 Å². The van der Waals surface area contributed by atoms with E-state index in [1.165, 1.54) is 0 Å². The summed E-state index contributed by atoms with van der Waals surface area (Å²) in [6.07, 6.45) is 3.19. The first kappa shape index (κ1) is 16.7. The van der Waals surface area contributed by atoms with Crippen LogP contribution in [0.4, 0.5) is 5.69 Å². The average Bonchev–Trinajstić information content (AvgIpc) is 2.47. The maximum atomic E-state index is 12.2. The van der Waals surface area contributed by atoms with E-state index in [1.54, 1.807) is 16.6 Å². The summed E-state index contributed by atoms with van der Waals surface area (Å²) in [6, 6.07) is 5.72. The SMILES string of the molecule is CC(C)CS(=O)(=O)N1CCC(Nc2ccc(C#N)nc2)CC1. The number of aromatic nitrogens is 1. The van der Waals surface area contributed by atoms with Crippen molar-refractivity contribution in [2.24, 2.45) is 5.92 Å². The molecule has 0 unspecified atom stereocenters. The molecule has 120 valence electrons. The lowest BCUT2D eigenvalue weighted by molar-refractivity contribution is 0.328. The highest BCUT2D eigenvalue weighted by Gasteiger charge is 2.28. The first-order chi connectivity index (χ1) is 10.4. The summed E-state index contributed by atoms with van der Waals surface area (Å²) in [5, 5.41) is 12.1. The summed E-state index contributed by atoms with van der Waals surface area (Å²) < 4.78 is 26.0. The van der Waals surface area contributed by atoms with Crippen LogP contribution in [0, 0.1) is 17.2 Å². The minimum atomic E-state index is -3.13. The maximum absolute atomic E-state index is 12.2. The zero-order valence-corrected chi connectivity index (χ0v) is 13.8. The number of anilines is 1. The highest BCUT2D eigenvalue weighted by atomic mass is 32.2. The Balaban J connectivity index is 1.88. The standard InChI is InChI=1S/C15H22N4O2S/c1-12(2)11-22(20,21)19-7-5-13(6-8-19)18-15-4-3-14(9-16)17-10-15/h3-4,10,12-13,18H,5-8,11H2,1-2H3. The van der Waals surface area contributed by atoms with Gasteiger partial charge in [-0.25, -0.2) is 17.7 Å². The van der Waals surface area contributed by atoms with Crippen LogP contribution in [0.5, 0.6) is 0 Å². The summed E-state index contributed by atoms with van der Waals surface area (Å²) in [6.45, 7) is 4.94. The van der Waals surface area contributed by atoms with E-state index in [0.717, 1.165) is 18.5 Å². The van der Waals surface area contributed by atoms with Crippen LogP contribution < -0.4 is 5.32 Å². The second-order valence-electron chi connectivity index (χ2n) is 6.03.